The summed E-state index contributed by atoms with van der Waals surface area (Å²) < 4.78 is 0. The van der Waals surface area contributed by atoms with E-state index in [1.165, 1.54) is 32.1 Å². The number of nitrogens with zero attached hydrogens (tertiary/aromatic N) is 3. The summed E-state index contributed by atoms with van der Waals surface area (Å²) in [5, 5.41) is 0. The van der Waals surface area contributed by atoms with Gasteiger partial charge in [-0.05, 0) is 31.6 Å². The largest absolute Gasteiger partial charge is 0.388 e. The van der Waals surface area contributed by atoms with E-state index in [9.17, 15) is 0 Å². The highest BCUT2D eigenvalue weighted by Crippen LogP contribution is 2.30. The maximum absolute atomic E-state index is 5.53. The predicted octanol–water partition coefficient (Wildman–Crippen LogP) is 2.52. The van der Waals surface area contributed by atoms with E-state index in [1.807, 2.05) is 0 Å². The Kier molecular flexibility index (Phi) is 4.69. The van der Waals surface area contributed by atoms with Crippen LogP contribution in [0.5, 0.6) is 0 Å². The number of thiocarbonyl (C=S) groups is 1. The van der Waals surface area contributed by atoms with Crippen LogP contribution in [-0.2, 0) is 0 Å². The molecule has 0 amide bonds. The van der Waals surface area contributed by atoms with E-state index in [-0.39, 0.29) is 0 Å². The zero-order chi connectivity index (χ0) is 13.8. The van der Waals surface area contributed by atoms with Gasteiger partial charge in [0, 0.05) is 13.1 Å². The Morgan fingerprint density at radius 1 is 1.32 bits per heavy atom. The second-order valence-corrected chi connectivity index (χ2v) is 5.76. The maximum Gasteiger partial charge on any atom is 0.147 e. The summed E-state index contributed by atoms with van der Waals surface area (Å²) in [7, 11) is 2.10. The third-order valence-electron chi connectivity index (χ3n) is 4.19. The molecular formula is C14H22N4S. The first-order chi connectivity index (χ1) is 9.11. The van der Waals surface area contributed by atoms with Crippen molar-refractivity contribution in [2.45, 2.75) is 45.1 Å². The molecule has 0 bridgehead atoms. The number of aromatic nitrogens is 2. The van der Waals surface area contributed by atoms with Gasteiger partial charge in [-0.1, -0.05) is 25.6 Å². The average molecular weight is 278 g/mol. The summed E-state index contributed by atoms with van der Waals surface area (Å²) in [5.41, 5.74) is 6.11. The molecule has 0 unspecified atom stereocenters. The van der Waals surface area contributed by atoms with Crippen molar-refractivity contribution >= 4 is 23.0 Å². The molecule has 1 aliphatic rings. The van der Waals surface area contributed by atoms with Gasteiger partial charge in [0.15, 0.2) is 0 Å². The zero-order valence-corrected chi connectivity index (χ0v) is 12.5. The van der Waals surface area contributed by atoms with E-state index in [0.29, 0.717) is 16.7 Å². The molecule has 1 aliphatic carbocycles. The van der Waals surface area contributed by atoms with Crippen molar-refractivity contribution in [1.29, 1.82) is 0 Å². The van der Waals surface area contributed by atoms with Crippen molar-refractivity contribution in [3.05, 3.63) is 18.1 Å². The van der Waals surface area contributed by atoms with Gasteiger partial charge in [0.1, 0.15) is 16.5 Å². The Labute approximate surface area is 120 Å². The molecular weight excluding hydrogens is 256 g/mol. The molecule has 0 aliphatic heterocycles. The lowest BCUT2D eigenvalue weighted by Crippen LogP contribution is -2.35. The van der Waals surface area contributed by atoms with Gasteiger partial charge >= 0.3 is 0 Å². The summed E-state index contributed by atoms with van der Waals surface area (Å²) in [4.78, 5) is 11.2. The van der Waals surface area contributed by atoms with E-state index < -0.39 is 0 Å². The van der Waals surface area contributed by atoms with Crippen molar-refractivity contribution in [3.63, 3.8) is 0 Å². The predicted molar refractivity (Wildman–Crippen MR) is 82.4 cm³/mol. The van der Waals surface area contributed by atoms with Gasteiger partial charge < -0.3 is 10.6 Å². The van der Waals surface area contributed by atoms with Gasteiger partial charge in [-0.25, -0.2) is 9.97 Å². The maximum atomic E-state index is 5.53. The van der Waals surface area contributed by atoms with E-state index in [1.54, 1.807) is 12.4 Å². The molecule has 1 fully saturated rings. The smallest absolute Gasteiger partial charge is 0.147 e. The summed E-state index contributed by atoms with van der Waals surface area (Å²) in [6.45, 7) is 2.29. The van der Waals surface area contributed by atoms with Crippen LogP contribution in [0.1, 0.15) is 44.7 Å². The Morgan fingerprint density at radius 3 is 2.47 bits per heavy atom. The normalized spacial score (nSPS) is 23.1. The van der Waals surface area contributed by atoms with Crippen LogP contribution in [0.25, 0.3) is 0 Å². The van der Waals surface area contributed by atoms with E-state index in [0.717, 1.165) is 11.7 Å². The first kappa shape index (κ1) is 14.2. The standard InChI is InChI=1S/C14H22N4S/c1-3-10-4-6-11(7-5-10)18(2)13-9-16-12(8-17-13)14(15)19/h8-11H,3-7H2,1-2H3,(H2,15,19). The topological polar surface area (TPSA) is 55.0 Å². The zero-order valence-electron chi connectivity index (χ0n) is 11.7. The van der Waals surface area contributed by atoms with Crippen molar-refractivity contribution in [3.8, 4) is 0 Å². The average Bonchev–Trinajstić information content (AvgIpc) is 2.46. The molecule has 4 nitrogen and oxygen atoms in total. The number of hydrogen-bond acceptors (Lipinski definition) is 4. The summed E-state index contributed by atoms with van der Waals surface area (Å²) in [6, 6.07) is 0.577. The molecule has 19 heavy (non-hydrogen) atoms. The second kappa shape index (κ2) is 6.28. The molecule has 1 heterocycles. The number of hydrogen-bond donors (Lipinski definition) is 1. The highest BCUT2D eigenvalue weighted by molar-refractivity contribution is 7.80. The lowest BCUT2D eigenvalue weighted by Gasteiger charge is -2.34. The molecule has 0 atom stereocenters. The Bertz CT molecular complexity index is 424. The minimum atomic E-state index is 0.296. The second-order valence-electron chi connectivity index (χ2n) is 5.32. The fourth-order valence-corrected chi connectivity index (χ4v) is 2.86. The van der Waals surface area contributed by atoms with Crippen LogP contribution in [0.4, 0.5) is 5.82 Å². The first-order valence-corrected chi connectivity index (χ1v) is 7.37. The third-order valence-corrected chi connectivity index (χ3v) is 4.40. The molecule has 0 aromatic carbocycles. The van der Waals surface area contributed by atoms with Crippen molar-refractivity contribution < 1.29 is 0 Å². The monoisotopic (exact) mass is 278 g/mol. The quantitative estimate of drug-likeness (QED) is 0.858. The van der Waals surface area contributed by atoms with Crippen LogP contribution in [0, 0.1) is 5.92 Å². The number of rotatable bonds is 4. The lowest BCUT2D eigenvalue weighted by molar-refractivity contribution is 0.313. The van der Waals surface area contributed by atoms with Crippen molar-refractivity contribution in [2.24, 2.45) is 11.7 Å². The van der Waals surface area contributed by atoms with Crippen LogP contribution in [0.2, 0.25) is 0 Å². The fourth-order valence-electron chi connectivity index (χ4n) is 2.76. The van der Waals surface area contributed by atoms with Gasteiger partial charge in [0.05, 0.1) is 12.4 Å². The molecule has 0 saturated heterocycles. The molecule has 1 aromatic rings. The van der Waals surface area contributed by atoms with E-state index in [4.69, 9.17) is 18.0 Å². The number of nitrogens with two attached hydrogens (primary N) is 1. The van der Waals surface area contributed by atoms with Crippen molar-refractivity contribution in [2.75, 3.05) is 11.9 Å². The molecule has 1 saturated carbocycles. The minimum Gasteiger partial charge on any atom is -0.388 e. The van der Waals surface area contributed by atoms with Crippen molar-refractivity contribution in [1.82, 2.24) is 9.97 Å². The van der Waals surface area contributed by atoms with Crippen LogP contribution in [-0.4, -0.2) is 28.0 Å². The molecule has 1 aromatic heterocycles. The van der Waals surface area contributed by atoms with Gasteiger partial charge in [0.25, 0.3) is 0 Å². The van der Waals surface area contributed by atoms with Gasteiger partial charge in [-0.3, -0.25) is 0 Å². The fraction of sp³-hybridized carbons (Fsp3) is 0.643. The SMILES string of the molecule is CCC1CCC(N(C)c2cnc(C(N)=S)cn2)CC1. The Balaban J connectivity index is 1.99. The lowest BCUT2D eigenvalue weighted by atomic mass is 9.84. The van der Waals surface area contributed by atoms with Gasteiger partial charge in [-0.2, -0.15) is 0 Å². The first-order valence-electron chi connectivity index (χ1n) is 6.96. The highest BCUT2D eigenvalue weighted by Gasteiger charge is 2.23. The molecule has 0 radical (unpaired) electrons. The Morgan fingerprint density at radius 2 is 2.00 bits per heavy atom. The van der Waals surface area contributed by atoms with Crippen LogP contribution < -0.4 is 10.6 Å². The molecule has 104 valence electrons. The highest BCUT2D eigenvalue weighted by atomic mass is 32.1. The van der Waals surface area contributed by atoms with E-state index in [2.05, 4.69) is 28.8 Å². The van der Waals surface area contributed by atoms with Crippen LogP contribution >= 0.6 is 12.2 Å². The molecule has 0 spiro atoms. The van der Waals surface area contributed by atoms with Crippen LogP contribution in [0.3, 0.4) is 0 Å². The third kappa shape index (κ3) is 3.41. The molecule has 2 N–H and O–H groups in total. The molecule has 2 rings (SSSR count). The van der Waals surface area contributed by atoms with Gasteiger partial charge in [-0.15, -0.1) is 0 Å². The van der Waals surface area contributed by atoms with E-state index >= 15 is 0 Å². The molecule has 5 heteroatoms. The minimum absolute atomic E-state index is 0.296. The van der Waals surface area contributed by atoms with Crippen LogP contribution in [0.15, 0.2) is 12.4 Å². The Hall–Kier alpha value is -1.23. The number of anilines is 1. The van der Waals surface area contributed by atoms with Gasteiger partial charge in [0.2, 0.25) is 0 Å². The summed E-state index contributed by atoms with van der Waals surface area (Å²) in [5.74, 6) is 1.81. The summed E-state index contributed by atoms with van der Waals surface area (Å²) in [6.07, 6.45) is 9.86. The summed E-state index contributed by atoms with van der Waals surface area (Å²) >= 11 is 4.88.